The lowest BCUT2D eigenvalue weighted by Crippen LogP contribution is -2.22. The van der Waals surface area contributed by atoms with Crippen LogP contribution in [0.4, 0.5) is 11.5 Å². The molecule has 1 aromatic carbocycles. The highest BCUT2D eigenvalue weighted by molar-refractivity contribution is 7.99. The summed E-state index contributed by atoms with van der Waals surface area (Å²) in [5, 5.41) is 2.83. The normalized spacial score (nSPS) is 11.5. The number of nitrogen functional groups attached to an aromatic ring is 1. The molecule has 2 rings (SSSR count). The maximum absolute atomic E-state index is 12.1. The van der Waals surface area contributed by atoms with Gasteiger partial charge in [-0.05, 0) is 18.2 Å². The average Bonchev–Trinajstić information content (AvgIpc) is 2.52. The van der Waals surface area contributed by atoms with Gasteiger partial charge in [0, 0.05) is 25.8 Å². The van der Waals surface area contributed by atoms with Crippen LogP contribution in [-0.2, 0) is 14.8 Å². The summed E-state index contributed by atoms with van der Waals surface area (Å²) in [5.41, 5.74) is 5.41. The average molecular weight is 383 g/mol. The zero-order valence-corrected chi connectivity index (χ0v) is 15.1. The van der Waals surface area contributed by atoms with Gasteiger partial charge in [0.25, 0.3) is 5.56 Å². The molecule has 0 fully saturated rings. The number of benzene rings is 1. The number of anilines is 2. The SMILES string of the molecule is CN(C)S(=O)(=O)c1cccc(NC(=O)CSc2nc(N)cc(=O)[nH]2)c1. The van der Waals surface area contributed by atoms with Gasteiger partial charge in [-0.1, -0.05) is 17.8 Å². The summed E-state index contributed by atoms with van der Waals surface area (Å²) < 4.78 is 25.3. The van der Waals surface area contributed by atoms with E-state index >= 15 is 0 Å². The monoisotopic (exact) mass is 383 g/mol. The van der Waals surface area contributed by atoms with Crippen LogP contribution in [0.1, 0.15) is 0 Å². The first kappa shape index (κ1) is 19.0. The molecule has 0 saturated carbocycles. The van der Waals surface area contributed by atoms with E-state index in [-0.39, 0.29) is 27.5 Å². The Balaban J connectivity index is 2.05. The van der Waals surface area contributed by atoms with Gasteiger partial charge >= 0.3 is 0 Å². The van der Waals surface area contributed by atoms with Crippen molar-refractivity contribution in [1.82, 2.24) is 14.3 Å². The number of H-pyrrole nitrogens is 1. The molecular formula is C14H17N5O4S2. The van der Waals surface area contributed by atoms with E-state index in [1.165, 1.54) is 32.3 Å². The maximum atomic E-state index is 12.1. The Labute approximate surface area is 148 Å². The van der Waals surface area contributed by atoms with Crippen molar-refractivity contribution < 1.29 is 13.2 Å². The molecule has 1 amide bonds. The van der Waals surface area contributed by atoms with Crippen molar-refractivity contribution in [2.45, 2.75) is 10.1 Å². The van der Waals surface area contributed by atoms with E-state index in [1.807, 2.05) is 0 Å². The summed E-state index contributed by atoms with van der Waals surface area (Å²) in [6, 6.07) is 7.08. The number of nitrogens with two attached hydrogens (primary N) is 1. The summed E-state index contributed by atoms with van der Waals surface area (Å²) in [7, 11) is -0.732. The summed E-state index contributed by atoms with van der Waals surface area (Å²) >= 11 is 1.01. The number of thioether (sulfide) groups is 1. The second kappa shape index (κ2) is 7.68. The Hall–Kier alpha value is -2.37. The summed E-state index contributed by atoms with van der Waals surface area (Å²) in [4.78, 5) is 29.7. The number of aromatic amines is 1. The number of sulfonamides is 1. The number of carbonyl (C=O) groups excluding carboxylic acids is 1. The first-order valence-corrected chi connectivity index (χ1v) is 9.43. The van der Waals surface area contributed by atoms with Crippen molar-refractivity contribution in [2.24, 2.45) is 0 Å². The van der Waals surface area contributed by atoms with Gasteiger partial charge < -0.3 is 16.0 Å². The van der Waals surface area contributed by atoms with E-state index in [0.717, 1.165) is 22.1 Å². The van der Waals surface area contributed by atoms with Crippen LogP contribution in [0.2, 0.25) is 0 Å². The molecule has 25 heavy (non-hydrogen) atoms. The molecule has 0 unspecified atom stereocenters. The Morgan fingerprint density at radius 3 is 2.72 bits per heavy atom. The van der Waals surface area contributed by atoms with Crippen LogP contribution < -0.4 is 16.6 Å². The third kappa shape index (κ3) is 5.05. The number of nitrogens with zero attached hydrogens (tertiary/aromatic N) is 2. The van der Waals surface area contributed by atoms with Gasteiger partial charge in [-0.3, -0.25) is 9.59 Å². The lowest BCUT2D eigenvalue weighted by Gasteiger charge is -2.12. The highest BCUT2D eigenvalue weighted by Gasteiger charge is 2.17. The molecule has 4 N–H and O–H groups in total. The molecule has 0 aliphatic rings. The van der Waals surface area contributed by atoms with Crippen molar-refractivity contribution in [2.75, 3.05) is 30.9 Å². The van der Waals surface area contributed by atoms with Gasteiger partial charge in [-0.15, -0.1) is 0 Å². The number of carbonyl (C=O) groups is 1. The van der Waals surface area contributed by atoms with Crippen molar-refractivity contribution >= 4 is 39.2 Å². The molecule has 1 aromatic heterocycles. The predicted octanol–water partition coefficient (Wildman–Crippen LogP) is 0.333. The van der Waals surface area contributed by atoms with Gasteiger partial charge in [0.15, 0.2) is 5.16 Å². The zero-order valence-electron chi connectivity index (χ0n) is 13.5. The molecule has 134 valence electrons. The van der Waals surface area contributed by atoms with Gasteiger partial charge in [-0.2, -0.15) is 0 Å². The van der Waals surface area contributed by atoms with Gasteiger partial charge in [0.05, 0.1) is 10.6 Å². The molecular weight excluding hydrogens is 366 g/mol. The van der Waals surface area contributed by atoms with E-state index in [1.54, 1.807) is 6.07 Å². The second-order valence-electron chi connectivity index (χ2n) is 5.13. The minimum Gasteiger partial charge on any atom is -0.383 e. The Morgan fingerprint density at radius 1 is 1.36 bits per heavy atom. The highest BCUT2D eigenvalue weighted by atomic mass is 32.2. The van der Waals surface area contributed by atoms with E-state index in [2.05, 4.69) is 15.3 Å². The van der Waals surface area contributed by atoms with Crippen molar-refractivity contribution in [1.29, 1.82) is 0 Å². The van der Waals surface area contributed by atoms with Crippen LogP contribution in [0.15, 0.2) is 45.2 Å². The molecule has 2 aromatic rings. The fourth-order valence-electron chi connectivity index (χ4n) is 1.80. The lowest BCUT2D eigenvalue weighted by atomic mass is 10.3. The molecule has 0 aliphatic carbocycles. The van der Waals surface area contributed by atoms with Crippen LogP contribution >= 0.6 is 11.8 Å². The molecule has 0 aliphatic heterocycles. The summed E-state index contributed by atoms with van der Waals surface area (Å²) in [5.74, 6) is -0.348. The molecule has 0 saturated heterocycles. The summed E-state index contributed by atoms with van der Waals surface area (Å²) in [6.07, 6.45) is 0. The molecule has 0 spiro atoms. The molecule has 11 heteroatoms. The fraction of sp³-hybridized carbons (Fsp3) is 0.214. The first-order valence-electron chi connectivity index (χ1n) is 7.00. The molecule has 9 nitrogen and oxygen atoms in total. The van der Waals surface area contributed by atoms with E-state index < -0.39 is 15.6 Å². The minimum absolute atomic E-state index is 0.0307. The van der Waals surface area contributed by atoms with E-state index in [4.69, 9.17) is 5.73 Å². The topological polar surface area (TPSA) is 138 Å². The van der Waals surface area contributed by atoms with Crippen LogP contribution in [0, 0.1) is 0 Å². The van der Waals surface area contributed by atoms with Crippen molar-refractivity contribution in [3.8, 4) is 0 Å². The molecule has 0 atom stereocenters. The zero-order chi connectivity index (χ0) is 18.6. The number of amides is 1. The minimum atomic E-state index is -3.59. The van der Waals surface area contributed by atoms with Crippen LogP contribution in [-0.4, -0.2) is 48.4 Å². The Morgan fingerprint density at radius 2 is 2.08 bits per heavy atom. The van der Waals surface area contributed by atoms with Gasteiger partial charge in [0.1, 0.15) is 5.82 Å². The van der Waals surface area contributed by atoms with Crippen LogP contribution in [0.5, 0.6) is 0 Å². The standard InChI is InChI=1S/C14H17N5O4S2/c1-19(2)25(22,23)10-5-3-4-9(6-10)16-13(21)8-24-14-17-11(15)7-12(20)18-14/h3-7H,8H2,1-2H3,(H,16,21)(H3,15,17,18,20). The molecule has 0 bridgehead atoms. The van der Waals surface area contributed by atoms with Gasteiger partial charge in [0.2, 0.25) is 15.9 Å². The van der Waals surface area contributed by atoms with Crippen molar-refractivity contribution in [3.63, 3.8) is 0 Å². The van der Waals surface area contributed by atoms with E-state index in [0.29, 0.717) is 5.69 Å². The maximum Gasteiger partial charge on any atom is 0.253 e. The fourth-order valence-corrected chi connectivity index (χ4v) is 3.43. The third-order valence-electron chi connectivity index (χ3n) is 2.98. The second-order valence-corrected chi connectivity index (χ2v) is 8.24. The first-order chi connectivity index (χ1) is 11.7. The predicted molar refractivity (Wildman–Crippen MR) is 95.9 cm³/mol. The smallest absolute Gasteiger partial charge is 0.253 e. The quantitative estimate of drug-likeness (QED) is 0.483. The Kier molecular flexibility index (Phi) is 5.82. The van der Waals surface area contributed by atoms with Crippen molar-refractivity contribution in [3.05, 3.63) is 40.7 Å². The number of hydrogen-bond acceptors (Lipinski definition) is 7. The largest absolute Gasteiger partial charge is 0.383 e. The number of aromatic nitrogens is 2. The van der Waals surface area contributed by atoms with Gasteiger partial charge in [-0.25, -0.2) is 17.7 Å². The molecule has 1 heterocycles. The molecule has 0 radical (unpaired) electrons. The number of nitrogens with one attached hydrogen (secondary N) is 2. The number of hydrogen-bond donors (Lipinski definition) is 3. The number of rotatable bonds is 6. The highest BCUT2D eigenvalue weighted by Crippen LogP contribution is 2.19. The third-order valence-corrected chi connectivity index (χ3v) is 5.66. The van der Waals surface area contributed by atoms with Crippen LogP contribution in [0.3, 0.4) is 0 Å². The van der Waals surface area contributed by atoms with Crippen LogP contribution in [0.25, 0.3) is 0 Å². The Bertz CT molecular complexity index is 940. The lowest BCUT2D eigenvalue weighted by molar-refractivity contribution is -0.113. The van der Waals surface area contributed by atoms with E-state index in [9.17, 15) is 18.0 Å². The summed E-state index contributed by atoms with van der Waals surface area (Å²) in [6.45, 7) is 0.